The second kappa shape index (κ2) is 5.01. The van der Waals surface area contributed by atoms with Gasteiger partial charge in [0.2, 0.25) is 0 Å². The van der Waals surface area contributed by atoms with Crippen molar-refractivity contribution in [2.45, 2.75) is 24.0 Å². The van der Waals surface area contributed by atoms with Gasteiger partial charge in [-0.3, -0.25) is 0 Å². The zero-order valence-corrected chi connectivity index (χ0v) is 11.6. The minimum absolute atomic E-state index is 0.588. The van der Waals surface area contributed by atoms with Crippen molar-refractivity contribution in [3.8, 4) is 11.4 Å². The summed E-state index contributed by atoms with van der Waals surface area (Å²) in [5.74, 6) is 0.808. The summed E-state index contributed by atoms with van der Waals surface area (Å²) in [6, 6.07) is 8.38. The van der Waals surface area contributed by atoms with E-state index in [1.54, 1.807) is 12.4 Å². The molecule has 5 heteroatoms. The van der Waals surface area contributed by atoms with Crippen LogP contribution >= 0.6 is 11.8 Å². The molecule has 0 aliphatic carbocycles. The van der Waals surface area contributed by atoms with Crippen LogP contribution in [0.1, 0.15) is 13.8 Å². The number of hydrogen-bond acceptors (Lipinski definition) is 4. The van der Waals surface area contributed by atoms with E-state index in [1.165, 1.54) is 4.90 Å². The summed E-state index contributed by atoms with van der Waals surface area (Å²) in [6.45, 7) is 4.38. The van der Waals surface area contributed by atoms with Crippen molar-refractivity contribution in [2.24, 2.45) is 0 Å². The Kier molecular flexibility index (Phi) is 3.21. The molecule has 2 aromatic heterocycles. The van der Waals surface area contributed by atoms with Gasteiger partial charge in [-0.25, -0.2) is 15.0 Å². The molecule has 19 heavy (non-hydrogen) atoms. The lowest BCUT2D eigenvalue weighted by molar-refractivity contribution is 1.11. The highest BCUT2D eigenvalue weighted by atomic mass is 32.2. The average Bonchev–Trinajstić information content (AvgIpc) is 2.82. The summed E-state index contributed by atoms with van der Waals surface area (Å²) >= 11 is 1.85. The van der Waals surface area contributed by atoms with Crippen LogP contribution in [0, 0.1) is 0 Å². The zero-order valence-electron chi connectivity index (χ0n) is 10.8. The summed E-state index contributed by atoms with van der Waals surface area (Å²) in [7, 11) is 0. The van der Waals surface area contributed by atoms with Gasteiger partial charge in [-0.05, 0) is 12.1 Å². The number of nitrogens with one attached hydrogen (secondary N) is 1. The highest BCUT2D eigenvalue weighted by Gasteiger charge is 2.06. The highest BCUT2D eigenvalue weighted by molar-refractivity contribution is 7.99. The van der Waals surface area contributed by atoms with Gasteiger partial charge in [0.25, 0.3) is 0 Å². The number of H-pyrrole nitrogens is 1. The van der Waals surface area contributed by atoms with Crippen LogP contribution in [-0.4, -0.2) is 25.2 Å². The van der Waals surface area contributed by atoms with Crippen molar-refractivity contribution in [1.29, 1.82) is 0 Å². The first-order valence-corrected chi connectivity index (χ1v) is 7.04. The van der Waals surface area contributed by atoms with Gasteiger partial charge in [-0.1, -0.05) is 26.0 Å². The SMILES string of the molecule is CC(C)Sc1ccc(-c2nc3nccnc3[nH]2)cc1. The predicted molar refractivity (Wildman–Crippen MR) is 78.1 cm³/mol. The molecule has 3 aromatic rings. The van der Waals surface area contributed by atoms with Crippen LogP contribution in [0.25, 0.3) is 22.7 Å². The van der Waals surface area contributed by atoms with Crippen LogP contribution in [0.3, 0.4) is 0 Å². The minimum atomic E-state index is 0.588. The second-order valence-electron chi connectivity index (χ2n) is 4.50. The van der Waals surface area contributed by atoms with Crippen molar-refractivity contribution >= 4 is 23.1 Å². The van der Waals surface area contributed by atoms with Gasteiger partial charge in [-0.2, -0.15) is 0 Å². The van der Waals surface area contributed by atoms with Crippen LogP contribution in [-0.2, 0) is 0 Å². The van der Waals surface area contributed by atoms with Crippen molar-refractivity contribution in [1.82, 2.24) is 19.9 Å². The molecule has 0 atom stereocenters. The van der Waals surface area contributed by atoms with E-state index >= 15 is 0 Å². The first kappa shape index (κ1) is 12.2. The van der Waals surface area contributed by atoms with Crippen LogP contribution < -0.4 is 0 Å². The summed E-state index contributed by atoms with van der Waals surface area (Å²) in [6.07, 6.45) is 3.31. The molecular formula is C14H14N4S. The Morgan fingerprint density at radius 3 is 2.47 bits per heavy atom. The number of nitrogens with zero attached hydrogens (tertiary/aromatic N) is 3. The molecule has 4 nitrogen and oxygen atoms in total. The van der Waals surface area contributed by atoms with E-state index in [0.717, 1.165) is 17.0 Å². The highest BCUT2D eigenvalue weighted by Crippen LogP contribution is 2.26. The summed E-state index contributed by atoms with van der Waals surface area (Å²) in [5, 5.41) is 0.588. The molecule has 0 saturated carbocycles. The summed E-state index contributed by atoms with van der Waals surface area (Å²) in [4.78, 5) is 17.3. The standard InChI is InChI=1S/C14H14N4S/c1-9(2)19-11-5-3-10(4-6-11)12-17-13-14(18-12)16-8-7-15-13/h3-9H,1-2H3,(H,15,16,17,18). The maximum Gasteiger partial charge on any atom is 0.197 e. The molecule has 0 aliphatic rings. The van der Waals surface area contributed by atoms with Gasteiger partial charge in [0, 0.05) is 28.1 Å². The quantitative estimate of drug-likeness (QED) is 0.740. The topological polar surface area (TPSA) is 54.5 Å². The van der Waals surface area contributed by atoms with Gasteiger partial charge in [0.05, 0.1) is 0 Å². The third-order valence-corrected chi connectivity index (χ3v) is 3.65. The normalized spacial score (nSPS) is 11.3. The molecule has 0 fully saturated rings. The molecule has 0 unspecified atom stereocenters. The lowest BCUT2D eigenvalue weighted by atomic mass is 10.2. The van der Waals surface area contributed by atoms with E-state index in [1.807, 2.05) is 11.8 Å². The first-order chi connectivity index (χ1) is 9.22. The van der Waals surface area contributed by atoms with E-state index in [0.29, 0.717) is 10.9 Å². The number of aromatic amines is 1. The van der Waals surface area contributed by atoms with Gasteiger partial charge in [-0.15, -0.1) is 11.8 Å². The third kappa shape index (κ3) is 2.61. The number of hydrogen-bond donors (Lipinski definition) is 1. The molecule has 1 aromatic carbocycles. The molecule has 0 radical (unpaired) electrons. The van der Waals surface area contributed by atoms with E-state index in [9.17, 15) is 0 Å². The Labute approximate surface area is 115 Å². The lowest BCUT2D eigenvalue weighted by Crippen LogP contribution is -1.86. The molecule has 3 rings (SSSR count). The number of aromatic nitrogens is 4. The van der Waals surface area contributed by atoms with Crippen LogP contribution in [0.15, 0.2) is 41.6 Å². The van der Waals surface area contributed by atoms with Crippen molar-refractivity contribution in [3.05, 3.63) is 36.7 Å². The van der Waals surface area contributed by atoms with Crippen LogP contribution in [0.4, 0.5) is 0 Å². The fourth-order valence-electron chi connectivity index (χ4n) is 1.85. The minimum Gasteiger partial charge on any atom is -0.321 e. The molecule has 0 bridgehead atoms. The molecule has 0 aliphatic heterocycles. The van der Waals surface area contributed by atoms with Crippen molar-refractivity contribution in [3.63, 3.8) is 0 Å². The van der Waals surface area contributed by atoms with Crippen LogP contribution in [0.5, 0.6) is 0 Å². The van der Waals surface area contributed by atoms with Crippen molar-refractivity contribution in [2.75, 3.05) is 0 Å². The Morgan fingerprint density at radius 1 is 1.05 bits per heavy atom. The van der Waals surface area contributed by atoms with Gasteiger partial charge in [0.15, 0.2) is 11.3 Å². The Morgan fingerprint density at radius 2 is 1.79 bits per heavy atom. The van der Waals surface area contributed by atoms with Gasteiger partial charge >= 0.3 is 0 Å². The number of benzene rings is 1. The maximum absolute atomic E-state index is 4.44. The number of rotatable bonds is 3. The molecule has 0 amide bonds. The third-order valence-electron chi connectivity index (χ3n) is 2.63. The summed E-state index contributed by atoms with van der Waals surface area (Å²) < 4.78 is 0. The van der Waals surface area contributed by atoms with Crippen LogP contribution in [0.2, 0.25) is 0 Å². The Hall–Kier alpha value is -1.88. The van der Waals surface area contributed by atoms with E-state index < -0.39 is 0 Å². The maximum atomic E-state index is 4.44. The fraction of sp³-hybridized carbons (Fsp3) is 0.214. The van der Waals surface area contributed by atoms with E-state index in [-0.39, 0.29) is 0 Å². The fourth-order valence-corrected chi connectivity index (χ4v) is 2.68. The monoisotopic (exact) mass is 270 g/mol. The second-order valence-corrected chi connectivity index (χ2v) is 6.15. The summed E-state index contributed by atoms with van der Waals surface area (Å²) in [5.41, 5.74) is 2.42. The Balaban J connectivity index is 1.93. The predicted octanol–water partition coefficient (Wildman–Crippen LogP) is 3.52. The van der Waals surface area contributed by atoms with E-state index in [2.05, 4.69) is 58.0 Å². The van der Waals surface area contributed by atoms with E-state index in [4.69, 9.17) is 0 Å². The molecule has 2 heterocycles. The Bertz CT molecular complexity index is 655. The smallest absolute Gasteiger partial charge is 0.197 e. The molecular weight excluding hydrogens is 256 g/mol. The lowest BCUT2D eigenvalue weighted by Gasteiger charge is -2.04. The molecule has 1 N–H and O–H groups in total. The van der Waals surface area contributed by atoms with Gasteiger partial charge < -0.3 is 4.98 Å². The number of fused-ring (bicyclic) bond motifs is 1. The molecule has 0 spiro atoms. The molecule has 0 saturated heterocycles. The average molecular weight is 270 g/mol. The first-order valence-electron chi connectivity index (χ1n) is 6.16. The number of imidazole rings is 1. The number of thioether (sulfide) groups is 1. The van der Waals surface area contributed by atoms with Crippen molar-refractivity contribution < 1.29 is 0 Å². The largest absolute Gasteiger partial charge is 0.321 e. The zero-order chi connectivity index (χ0) is 13.2. The molecule has 96 valence electrons. The van der Waals surface area contributed by atoms with Gasteiger partial charge in [0.1, 0.15) is 5.82 Å².